The Labute approximate surface area is 185 Å². The lowest BCUT2D eigenvalue weighted by Gasteiger charge is -2.15. The SMILES string of the molecule is Cc1cc(C)c(C(=O)C(C)Sc2nnc(-c3cccnc3)n2Cc2ccco2)cc1C. The number of rotatable bonds is 7. The molecule has 3 aromatic heterocycles. The normalized spacial score (nSPS) is 12.1. The van der Waals surface area contributed by atoms with Gasteiger partial charge in [0.15, 0.2) is 16.8 Å². The van der Waals surface area contributed by atoms with Crippen LogP contribution in [-0.2, 0) is 6.54 Å². The Bertz CT molecular complexity index is 1200. The van der Waals surface area contributed by atoms with E-state index in [1.54, 1.807) is 18.7 Å². The fourth-order valence-electron chi connectivity index (χ4n) is 3.44. The van der Waals surface area contributed by atoms with E-state index < -0.39 is 0 Å². The van der Waals surface area contributed by atoms with Gasteiger partial charge in [0.1, 0.15) is 5.76 Å². The van der Waals surface area contributed by atoms with E-state index in [1.807, 2.05) is 55.7 Å². The first kappa shape index (κ1) is 21.1. The summed E-state index contributed by atoms with van der Waals surface area (Å²) in [5.74, 6) is 1.56. The number of aromatic nitrogens is 4. The molecule has 1 atom stereocenters. The maximum Gasteiger partial charge on any atom is 0.192 e. The highest BCUT2D eigenvalue weighted by atomic mass is 32.2. The van der Waals surface area contributed by atoms with Gasteiger partial charge in [-0.05, 0) is 74.7 Å². The van der Waals surface area contributed by atoms with E-state index in [0.717, 1.165) is 28.0 Å². The summed E-state index contributed by atoms with van der Waals surface area (Å²) in [4.78, 5) is 17.4. The predicted molar refractivity (Wildman–Crippen MR) is 121 cm³/mol. The summed E-state index contributed by atoms with van der Waals surface area (Å²) in [6, 6.07) is 11.6. The van der Waals surface area contributed by atoms with Crippen LogP contribution >= 0.6 is 11.8 Å². The number of nitrogens with zero attached hydrogens (tertiary/aromatic N) is 4. The van der Waals surface area contributed by atoms with Gasteiger partial charge < -0.3 is 4.42 Å². The molecule has 0 spiro atoms. The van der Waals surface area contributed by atoms with E-state index in [9.17, 15) is 4.79 Å². The molecule has 0 N–H and O–H groups in total. The van der Waals surface area contributed by atoms with Crippen LogP contribution in [0.2, 0.25) is 0 Å². The Hall–Kier alpha value is -3.19. The van der Waals surface area contributed by atoms with E-state index >= 15 is 0 Å². The molecule has 0 aliphatic heterocycles. The third-order valence-electron chi connectivity index (χ3n) is 5.29. The fourth-order valence-corrected chi connectivity index (χ4v) is 4.36. The summed E-state index contributed by atoms with van der Waals surface area (Å²) in [5, 5.41) is 9.14. The van der Waals surface area contributed by atoms with Crippen molar-refractivity contribution in [2.75, 3.05) is 0 Å². The van der Waals surface area contributed by atoms with E-state index in [2.05, 4.69) is 28.2 Å². The summed E-state index contributed by atoms with van der Waals surface area (Å²) in [5.41, 5.74) is 4.92. The number of hydrogen-bond donors (Lipinski definition) is 0. The molecule has 0 radical (unpaired) electrons. The number of thioether (sulfide) groups is 1. The summed E-state index contributed by atoms with van der Waals surface area (Å²) in [7, 11) is 0. The Morgan fingerprint density at radius 2 is 1.90 bits per heavy atom. The minimum Gasteiger partial charge on any atom is -0.467 e. The van der Waals surface area contributed by atoms with Crippen LogP contribution < -0.4 is 0 Å². The second-order valence-electron chi connectivity index (χ2n) is 7.59. The van der Waals surface area contributed by atoms with E-state index in [4.69, 9.17) is 4.42 Å². The van der Waals surface area contributed by atoms with Crippen molar-refractivity contribution in [3.8, 4) is 11.4 Å². The summed E-state index contributed by atoms with van der Waals surface area (Å²) < 4.78 is 7.52. The monoisotopic (exact) mass is 432 g/mol. The van der Waals surface area contributed by atoms with Crippen LogP contribution in [0, 0.1) is 20.8 Å². The molecule has 1 unspecified atom stereocenters. The minimum absolute atomic E-state index is 0.0843. The number of benzene rings is 1. The molecule has 3 heterocycles. The number of carbonyl (C=O) groups excluding carboxylic acids is 1. The number of furan rings is 1. The largest absolute Gasteiger partial charge is 0.467 e. The highest BCUT2D eigenvalue weighted by molar-refractivity contribution is 8.00. The highest BCUT2D eigenvalue weighted by Crippen LogP contribution is 2.30. The van der Waals surface area contributed by atoms with Gasteiger partial charge in [0.25, 0.3) is 0 Å². The van der Waals surface area contributed by atoms with Gasteiger partial charge in [-0.3, -0.25) is 14.3 Å². The molecule has 0 fully saturated rings. The molecule has 0 amide bonds. The van der Waals surface area contributed by atoms with E-state index in [-0.39, 0.29) is 11.0 Å². The molecule has 0 aliphatic carbocycles. The second kappa shape index (κ2) is 8.89. The number of aryl methyl sites for hydroxylation is 3. The Morgan fingerprint density at radius 1 is 1.10 bits per heavy atom. The quantitative estimate of drug-likeness (QED) is 0.293. The molecule has 4 rings (SSSR count). The van der Waals surface area contributed by atoms with Gasteiger partial charge in [-0.15, -0.1) is 10.2 Å². The summed E-state index contributed by atoms with van der Waals surface area (Å²) in [6.07, 6.45) is 5.12. The molecule has 0 bridgehead atoms. The lowest BCUT2D eigenvalue weighted by atomic mass is 9.97. The van der Waals surface area contributed by atoms with Gasteiger partial charge in [-0.25, -0.2) is 0 Å². The predicted octanol–water partition coefficient (Wildman–Crippen LogP) is 5.27. The van der Waals surface area contributed by atoms with Crippen LogP contribution in [0.15, 0.2) is 64.6 Å². The molecule has 6 nitrogen and oxygen atoms in total. The van der Waals surface area contributed by atoms with Crippen LogP contribution in [0.3, 0.4) is 0 Å². The van der Waals surface area contributed by atoms with Crippen molar-refractivity contribution in [2.45, 2.75) is 44.6 Å². The van der Waals surface area contributed by atoms with E-state index in [1.165, 1.54) is 17.3 Å². The molecule has 0 aliphatic rings. The molecule has 7 heteroatoms. The number of pyridine rings is 1. The molecular formula is C24H24N4O2S. The first-order chi connectivity index (χ1) is 14.9. The van der Waals surface area contributed by atoms with Gasteiger partial charge in [-0.1, -0.05) is 17.8 Å². The number of Topliss-reactive ketones (excluding diaryl/α,β-unsaturated/α-hetero) is 1. The molecule has 0 saturated heterocycles. The fraction of sp³-hybridized carbons (Fsp3) is 0.250. The maximum absolute atomic E-state index is 13.2. The third-order valence-corrected chi connectivity index (χ3v) is 6.37. The molecule has 4 aromatic rings. The van der Waals surface area contributed by atoms with Gasteiger partial charge >= 0.3 is 0 Å². The topological polar surface area (TPSA) is 73.8 Å². The Morgan fingerprint density at radius 3 is 2.61 bits per heavy atom. The van der Waals surface area contributed by atoms with Crippen molar-refractivity contribution in [2.24, 2.45) is 0 Å². The van der Waals surface area contributed by atoms with Crippen molar-refractivity contribution < 1.29 is 9.21 Å². The van der Waals surface area contributed by atoms with Gasteiger partial charge in [0.2, 0.25) is 0 Å². The first-order valence-corrected chi connectivity index (χ1v) is 11.0. The zero-order valence-electron chi connectivity index (χ0n) is 18.0. The average molecular weight is 433 g/mol. The smallest absolute Gasteiger partial charge is 0.192 e. The van der Waals surface area contributed by atoms with Crippen molar-refractivity contribution >= 4 is 17.5 Å². The van der Waals surface area contributed by atoms with Crippen LogP contribution in [0.5, 0.6) is 0 Å². The van der Waals surface area contributed by atoms with Crippen LogP contribution in [0.1, 0.15) is 39.7 Å². The summed E-state index contributed by atoms with van der Waals surface area (Å²) >= 11 is 1.41. The zero-order valence-corrected chi connectivity index (χ0v) is 18.8. The van der Waals surface area contributed by atoms with Crippen molar-refractivity contribution in [1.82, 2.24) is 19.7 Å². The van der Waals surface area contributed by atoms with Crippen molar-refractivity contribution in [1.29, 1.82) is 0 Å². The number of hydrogen-bond acceptors (Lipinski definition) is 6. The van der Waals surface area contributed by atoms with Crippen LogP contribution in [0.25, 0.3) is 11.4 Å². The van der Waals surface area contributed by atoms with E-state index in [0.29, 0.717) is 17.5 Å². The lowest BCUT2D eigenvalue weighted by Crippen LogP contribution is -2.16. The van der Waals surface area contributed by atoms with Crippen LogP contribution in [0.4, 0.5) is 0 Å². The Kier molecular flexibility index (Phi) is 6.04. The van der Waals surface area contributed by atoms with Gasteiger partial charge in [0.05, 0.1) is 18.1 Å². The minimum atomic E-state index is -0.317. The zero-order chi connectivity index (χ0) is 22.0. The first-order valence-electron chi connectivity index (χ1n) is 10.1. The van der Waals surface area contributed by atoms with Crippen LogP contribution in [-0.4, -0.2) is 30.8 Å². The number of carbonyl (C=O) groups is 1. The van der Waals surface area contributed by atoms with Crippen molar-refractivity contribution in [3.05, 3.63) is 83.1 Å². The summed E-state index contributed by atoms with van der Waals surface area (Å²) in [6.45, 7) is 8.46. The average Bonchev–Trinajstić information content (AvgIpc) is 3.42. The molecular weight excluding hydrogens is 408 g/mol. The standard InChI is InChI=1S/C24H24N4O2S/c1-15-11-17(3)21(12-16(15)2)22(29)18(4)31-24-27-26-23(19-7-5-9-25-13-19)28(24)14-20-8-6-10-30-20/h5-13,18H,14H2,1-4H3. The second-order valence-corrected chi connectivity index (χ2v) is 8.90. The highest BCUT2D eigenvalue weighted by Gasteiger charge is 2.23. The Balaban J connectivity index is 1.65. The maximum atomic E-state index is 13.2. The lowest BCUT2D eigenvalue weighted by molar-refractivity contribution is 0.0993. The van der Waals surface area contributed by atoms with Crippen molar-refractivity contribution in [3.63, 3.8) is 0 Å². The number of ketones is 1. The molecule has 31 heavy (non-hydrogen) atoms. The molecule has 0 saturated carbocycles. The van der Waals surface area contributed by atoms with Gasteiger partial charge in [-0.2, -0.15) is 0 Å². The molecule has 1 aromatic carbocycles. The third kappa shape index (κ3) is 4.46. The van der Waals surface area contributed by atoms with Gasteiger partial charge in [0, 0.05) is 23.5 Å². The molecule has 158 valence electrons.